The number of hydrogen-bond acceptors (Lipinski definition) is 3. The Morgan fingerprint density at radius 1 is 1.28 bits per heavy atom. The minimum Gasteiger partial charge on any atom is -0.497 e. The van der Waals surface area contributed by atoms with Crippen LogP contribution in [0.5, 0.6) is 5.75 Å². The molecule has 0 aliphatic heterocycles. The molecule has 0 radical (unpaired) electrons. The predicted octanol–water partition coefficient (Wildman–Crippen LogP) is 2.67. The Hall–Kier alpha value is -1.87. The molecule has 2 rings (SSSR count). The Morgan fingerprint density at radius 2 is 2.11 bits per heavy atom. The first-order valence-corrected chi connectivity index (χ1v) is 5.92. The number of methoxy groups -OCH3 is 1. The molecule has 1 atom stereocenters. The van der Waals surface area contributed by atoms with E-state index in [1.165, 1.54) is 0 Å². The van der Waals surface area contributed by atoms with Crippen LogP contribution < -0.4 is 4.74 Å². The second kappa shape index (κ2) is 5.65. The van der Waals surface area contributed by atoms with Crippen molar-refractivity contribution in [2.75, 3.05) is 7.11 Å². The number of ether oxygens (including phenoxy) is 1. The van der Waals surface area contributed by atoms with E-state index in [0.29, 0.717) is 6.42 Å². The fourth-order valence-corrected chi connectivity index (χ4v) is 1.92. The first-order valence-electron chi connectivity index (χ1n) is 5.92. The van der Waals surface area contributed by atoms with E-state index in [4.69, 9.17) is 4.74 Å². The molecule has 0 fully saturated rings. The molecule has 1 aromatic carbocycles. The average Bonchev–Trinajstić information content (AvgIpc) is 2.39. The van der Waals surface area contributed by atoms with Gasteiger partial charge in [0, 0.05) is 18.3 Å². The zero-order chi connectivity index (χ0) is 13.0. The lowest BCUT2D eigenvalue weighted by atomic mass is 10.0. The van der Waals surface area contributed by atoms with E-state index in [-0.39, 0.29) is 0 Å². The molecular formula is C15H17NO2. The highest BCUT2D eigenvalue weighted by Gasteiger charge is 2.09. The monoisotopic (exact) mass is 243 g/mol. The SMILES string of the molecule is COc1cccc(C(O)Cc2ccnc(C)c2)c1. The molecule has 94 valence electrons. The molecule has 0 aliphatic carbocycles. The molecule has 1 unspecified atom stereocenters. The van der Waals surface area contributed by atoms with Crippen molar-refractivity contribution in [3.8, 4) is 5.75 Å². The number of aliphatic hydroxyl groups excluding tert-OH is 1. The zero-order valence-electron chi connectivity index (χ0n) is 10.6. The minimum absolute atomic E-state index is 0.526. The van der Waals surface area contributed by atoms with Crippen LogP contribution in [-0.2, 0) is 6.42 Å². The maximum absolute atomic E-state index is 10.2. The third kappa shape index (κ3) is 3.08. The second-order valence-corrected chi connectivity index (χ2v) is 4.30. The van der Waals surface area contributed by atoms with Crippen LogP contribution in [-0.4, -0.2) is 17.2 Å². The van der Waals surface area contributed by atoms with Gasteiger partial charge in [-0.1, -0.05) is 12.1 Å². The summed E-state index contributed by atoms with van der Waals surface area (Å²) in [6, 6.07) is 11.4. The quantitative estimate of drug-likeness (QED) is 0.897. The number of benzene rings is 1. The lowest BCUT2D eigenvalue weighted by Gasteiger charge is -2.12. The number of hydrogen-bond donors (Lipinski definition) is 1. The van der Waals surface area contributed by atoms with Gasteiger partial charge in [0.05, 0.1) is 13.2 Å². The van der Waals surface area contributed by atoms with E-state index < -0.39 is 6.10 Å². The van der Waals surface area contributed by atoms with Crippen molar-refractivity contribution in [3.63, 3.8) is 0 Å². The molecule has 0 amide bonds. The van der Waals surface area contributed by atoms with E-state index in [0.717, 1.165) is 22.6 Å². The molecule has 3 nitrogen and oxygen atoms in total. The first kappa shape index (κ1) is 12.6. The zero-order valence-corrected chi connectivity index (χ0v) is 10.6. The summed E-state index contributed by atoms with van der Waals surface area (Å²) < 4.78 is 5.15. The van der Waals surface area contributed by atoms with Crippen LogP contribution in [0.4, 0.5) is 0 Å². The standard InChI is InChI=1S/C15H17NO2/c1-11-8-12(6-7-16-11)9-15(17)13-4-3-5-14(10-13)18-2/h3-8,10,15,17H,9H2,1-2H3. The highest BCUT2D eigenvalue weighted by molar-refractivity contribution is 5.31. The van der Waals surface area contributed by atoms with Gasteiger partial charge in [0.25, 0.3) is 0 Å². The fourth-order valence-electron chi connectivity index (χ4n) is 1.92. The van der Waals surface area contributed by atoms with Gasteiger partial charge in [-0.2, -0.15) is 0 Å². The van der Waals surface area contributed by atoms with Crippen molar-refractivity contribution < 1.29 is 9.84 Å². The van der Waals surface area contributed by atoms with Crippen LogP contribution in [0, 0.1) is 6.92 Å². The van der Waals surface area contributed by atoms with Crippen LogP contribution in [0.25, 0.3) is 0 Å². The molecule has 2 aromatic rings. The van der Waals surface area contributed by atoms with Crippen molar-refractivity contribution in [3.05, 3.63) is 59.4 Å². The summed E-state index contributed by atoms with van der Waals surface area (Å²) in [7, 11) is 1.62. The molecule has 0 bridgehead atoms. The summed E-state index contributed by atoms with van der Waals surface area (Å²) >= 11 is 0. The summed E-state index contributed by atoms with van der Waals surface area (Å²) in [5.74, 6) is 0.762. The lowest BCUT2D eigenvalue weighted by Crippen LogP contribution is -2.02. The molecule has 0 aliphatic rings. The van der Waals surface area contributed by atoms with E-state index >= 15 is 0 Å². The van der Waals surface area contributed by atoms with Gasteiger partial charge in [0.2, 0.25) is 0 Å². The summed E-state index contributed by atoms with van der Waals surface area (Å²) in [5, 5.41) is 10.2. The van der Waals surface area contributed by atoms with E-state index in [1.807, 2.05) is 43.3 Å². The second-order valence-electron chi connectivity index (χ2n) is 4.30. The largest absolute Gasteiger partial charge is 0.497 e. The van der Waals surface area contributed by atoms with Gasteiger partial charge < -0.3 is 9.84 Å². The molecule has 1 N–H and O–H groups in total. The molecule has 0 saturated heterocycles. The number of aromatic nitrogens is 1. The van der Waals surface area contributed by atoms with Gasteiger partial charge in [-0.3, -0.25) is 4.98 Å². The Labute approximate surface area is 107 Å². The highest BCUT2D eigenvalue weighted by atomic mass is 16.5. The first-order chi connectivity index (χ1) is 8.69. The van der Waals surface area contributed by atoms with Gasteiger partial charge in [-0.05, 0) is 42.3 Å². The van der Waals surface area contributed by atoms with Crippen molar-refractivity contribution >= 4 is 0 Å². The number of aryl methyl sites for hydroxylation is 1. The van der Waals surface area contributed by atoms with Crippen LogP contribution in [0.3, 0.4) is 0 Å². The molecule has 0 saturated carbocycles. The Kier molecular flexibility index (Phi) is 3.95. The predicted molar refractivity (Wildman–Crippen MR) is 70.6 cm³/mol. The molecule has 1 aromatic heterocycles. The Balaban J connectivity index is 2.13. The number of rotatable bonds is 4. The third-order valence-electron chi connectivity index (χ3n) is 2.87. The molecule has 18 heavy (non-hydrogen) atoms. The van der Waals surface area contributed by atoms with Gasteiger partial charge in [0.1, 0.15) is 5.75 Å². The third-order valence-corrected chi connectivity index (χ3v) is 2.87. The van der Waals surface area contributed by atoms with Crippen LogP contribution >= 0.6 is 0 Å². The van der Waals surface area contributed by atoms with Crippen molar-refractivity contribution in [2.45, 2.75) is 19.4 Å². The van der Waals surface area contributed by atoms with Gasteiger partial charge in [-0.25, -0.2) is 0 Å². The normalized spacial score (nSPS) is 12.2. The maximum atomic E-state index is 10.2. The van der Waals surface area contributed by atoms with Crippen LogP contribution in [0.15, 0.2) is 42.6 Å². The summed E-state index contributed by atoms with van der Waals surface area (Å²) in [6.45, 7) is 1.95. The van der Waals surface area contributed by atoms with Gasteiger partial charge in [-0.15, -0.1) is 0 Å². The van der Waals surface area contributed by atoms with Crippen LogP contribution in [0.2, 0.25) is 0 Å². The van der Waals surface area contributed by atoms with E-state index in [1.54, 1.807) is 13.3 Å². The minimum atomic E-state index is -0.526. The van der Waals surface area contributed by atoms with Crippen molar-refractivity contribution in [2.24, 2.45) is 0 Å². The molecule has 0 spiro atoms. The summed E-state index contributed by atoms with van der Waals surface area (Å²) in [5.41, 5.74) is 2.91. The summed E-state index contributed by atoms with van der Waals surface area (Å²) in [4.78, 5) is 4.15. The van der Waals surface area contributed by atoms with Crippen LogP contribution in [0.1, 0.15) is 22.9 Å². The van der Waals surface area contributed by atoms with Gasteiger partial charge >= 0.3 is 0 Å². The van der Waals surface area contributed by atoms with Gasteiger partial charge in [0.15, 0.2) is 0 Å². The lowest BCUT2D eigenvalue weighted by molar-refractivity contribution is 0.178. The van der Waals surface area contributed by atoms with E-state index in [2.05, 4.69) is 4.98 Å². The molecule has 1 heterocycles. The fraction of sp³-hybridized carbons (Fsp3) is 0.267. The number of pyridine rings is 1. The van der Waals surface area contributed by atoms with E-state index in [9.17, 15) is 5.11 Å². The summed E-state index contributed by atoms with van der Waals surface area (Å²) in [6.07, 6.45) is 1.82. The smallest absolute Gasteiger partial charge is 0.119 e. The average molecular weight is 243 g/mol. The van der Waals surface area contributed by atoms with Crippen molar-refractivity contribution in [1.82, 2.24) is 4.98 Å². The highest BCUT2D eigenvalue weighted by Crippen LogP contribution is 2.22. The Morgan fingerprint density at radius 3 is 2.83 bits per heavy atom. The topological polar surface area (TPSA) is 42.4 Å². The molecular weight excluding hydrogens is 226 g/mol. The maximum Gasteiger partial charge on any atom is 0.119 e. The number of aliphatic hydroxyl groups is 1. The number of nitrogens with zero attached hydrogens (tertiary/aromatic N) is 1. The Bertz CT molecular complexity index is 525. The molecule has 3 heteroatoms. The van der Waals surface area contributed by atoms with Crippen molar-refractivity contribution in [1.29, 1.82) is 0 Å².